The van der Waals surface area contributed by atoms with Crippen molar-refractivity contribution in [1.82, 2.24) is 9.66 Å². The van der Waals surface area contributed by atoms with Crippen molar-refractivity contribution in [3.63, 3.8) is 0 Å². The standard InChI is InChI=1S/C27H21ClF3N3O5/c1-15(26(36)38-3)39-23-20(28)11-16(12-22(23)37-2)14-32-34-24(17-7-6-8-18(13-17)27(29,30)31)33-21-10-5-4-9-19(21)25(34)35/h4-15H,1-3H3/t15-/m1/s1. The number of methoxy groups -OCH3 is 2. The number of halogens is 4. The Kier molecular flexibility index (Phi) is 7.91. The van der Waals surface area contributed by atoms with Crippen molar-refractivity contribution < 1.29 is 32.2 Å². The minimum atomic E-state index is -4.59. The Morgan fingerprint density at radius 2 is 1.85 bits per heavy atom. The lowest BCUT2D eigenvalue weighted by atomic mass is 10.1. The SMILES string of the molecule is COC(=O)[C@@H](C)Oc1c(Cl)cc(C=Nn2c(-c3cccc(C(F)(F)F)c3)nc3ccccc3c2=O)cc1OC. The fourth-order valence-electron chi connectivity index (χ4n) is 3.70. The van der Waals surface area contributed by atoms with E-state index in [4.69, 9.17) is 21.1 Å². The molecular weight excluding hydrogens is 539 g/mol. The predicted octanol–water partition coefficient (Wildman–Crippen LogP) is 5.57. The highest BCUT2D eigenvalue weighted by Gasteiger charge is 2.31. The number of rotatable bonds is 7. The number of aromatic nitrogens is 2. The van der Waals surface area contributed by atoms with Crippen LogP contribution in [-0.2, 0) is 15.7 Å². The van der Waals surface area contributed by atoms with Gasteiger partial charge in [-0.3, -0.25) is 4.79 Å². The Hall–Kier alpha value is -4.38. The Morgan fingerprint density at radius 3 is 2.54 bits per heavy atom. The molecule has 0 spiro atoms. The molecule has 3 aromatic carbocycles. The van der Waals surface area contributed by atoms with Gasteiger partial charge in [-0.25, -0.2) is 9.78 Å². The summed E-state index contributed by atoms with van der Waals surface area (Å²) in [6, 6.07) is 13.8. The molecule has 0 radical (unpaired) electrons. The van der Waals surface area contributed by atoms with E-state index in [1.165, 1.54) is 51.6 Å². The van der Waals surface area contributed by atoms with Gasteiger partial charge in [-0.1, -0.05) is 35.9 Å². The van der Waals surface area contributed by atoms with Crippen LogP contribution in [0.25, 0.3) is 22.3 Å². The quantitative estimate of drug-likeness (QED) is 0.217. The van der Waals surface area contributed by atoms with Gasteiger partial charge in [0.15, 0.2) is 23.4 Å². The summed E-state index contributed by atoms with van der Waals surface area (Å²) in [6.45, 7) is 1.48. The van der Waals surface area contributed by atoms with Crippen molar-refractivity contribution in [3.05, 3.63) is 87.2 Å². The number of benzene rings is 3. The number of ether oxygens (including phenoxy) is 3. The zero-order valence-corrected chi connectivity index (χ0v) is 21.6. The maximum Gasteiger partial charge on any atom is 0.416 e. The number of hydrogen-bond acceptors (Lipinski definition) is 7. The molecule has 4 aromatic rings. The fourth-order valence-corrected chi connectivity index (χ4v) is 3.96. The monoisotopic (exact) mass is 559 g/mol. The van der Waals surface area contributed by atoms with E-state index in [2.05, 4.69) is 14.8 Å². The molecule has 12 heteroatoms. The van der Waals surface area contributed by atoms with E-state index in [0.717, 1.165) is 16.8 Å². The van der Waals surface area contributed by atoms with Crippen LogP contribution < -0.4 is 15.0 Å². The van der Waals surface area contributed by atoms with Crippen LogP contribution in [0.3, 0.4) is 0 Å². The van der Waals surface area contributed by atoms with E-state index in [1.54, 1.807) is 24.3 Å². The molecule has 39 heavy (non-hydrogen) atoms. The molecule has 0 aliphatic heterocycles. The second kappa shape index (κ2) is 11.2. The highest BCUT2D eigenvalue weighted by Crippen LogP contribution is 2.37. The molecule has 1 heterocycles. The molecule has 0 saturated heterocycles. The van der Waals surface area contributed by atoms with Gasteiger partial charge in [0.25, 0.3) is 5.56 Å². The van der Waals surface area contributed by atoms with Gasteiger partial charge in [0.05, 0.1) is 41.9 Å². The van der Waals surface area contributed by atoms with E-state index in [1.807, 2.05) is 0 Å². The third kappa shape index (κ3) is 5.88. The molecule has 4 rings (SSSR count). The summed E-state index contributed by atoms with van der Waals surface area (Å²) in [5, 5.41) is 4.55. The van der Waals surface area contributed by atoms with E-state index in [-0.39, 0.29) is 33.3 Å². The third-order valence-corrected chi connectivity index (χ3v) is 5.88. The Balaban J connectivity index is 1.83. The lowest BCUT2D eigenvalue weighted by Gasteiger charge is -2.17. The maximum atomic E-state index is 13.4. The van der Waals surface area contributed by atoms with Gasteiger partial charge in [0, 0.05) is 5.56 Å². The summed E-state index contributed by atoms with van der Waals surface area (Å²) in [7, 11) is 2.59. The average Bonchev–Trinajstić information content (AvgIpc) is 2.92. The van der Waals surface area contributed by atoms with Gasteiger partial charge in [0.2, 0.25) is 0 Å². The number of carbonyl (C=O) groups excluding carboxylic acids is 1. The first kappa shape index (κ1) is 27.6. The van der Waals surface area contributed by atoms with E-state index in [0.29, 0.717) is 11.1 Å². The molecular formula is C27H21ClF3N3O5. The van der Waals surface area contributed by atoms with Gasteiger partial charge in [0.1, 0.15) is 0 Å². The summed E-state index contributed by atoms with van der Waals surface area (Å²) < 4.78 is 56.7. The van der Waals surface area contributed by atoms with Crippen molar-refractivity contribution in [1.29, 1.82) is 0 Å². The van der Waals surface area contributed by atoms with E-state index < -0.39 is 29.4 Å². The normalized spacial score (nSPS) is 12.5. The number of carbonyl (C=O) groups is 1. The van der Waals surface area contributed by atoms with Gasteiger partial charge in [-0.2, -0.15) is 22.9 Å². The Bertz CT molecular complexity index is 1640. The minimum Gasteiger partial charge on any atom is -0.493 e. The molecule has 0 amide bonds. The Labute approximate surface area is 225 Å². The van der Waals surface area contributed by atoms with Crippen LogP contribution in [0.2, 0.25) is 5.02 Å². The summed E-state index contributed by atoms with van der Waals surface area (Å²) in [4.78, 5) is 29.5. The Morgan fingerprint density at radius 1 is 1.10 bits per heavy atom. The average molecular weight is 560 g/mol. The van der Waals surface area contributed by atoms with Gasteiger partial charge >= 0.3 is 12.1 Å². The molecule has 0 aliphatic carbocycles. The van der Waals surface area contributed by atoms with Crippen molar-refractivity contribution in [2.24, 2.45) is 5.10 Å². The summed E-state index contributed by atoms with van der Waals surface area (Å²) in [5.74, 6) is -0.458. The summed E-state index contributed by atoms with van der Waals surface area (Å²) >= 11 is 6.38. The number of alkyl halides is 3. The van der Waals surface area contributed by atoms with E-state index in [9.17, 15) is 22.8 Å². The maximum absolute atomic E-state index is 13.4. The summed E-state index contributed by atoms with van der Waals surface area (Å²) in [6.07, 6.45) is -4.29. The highest BCUT2D eigenvalue weighted by molar-refractivity contribution is 6.32. The first-order valence-electron chi connectivity index (χ1n) is 11.4. The number of esters is 1. The molecule has 0 bridgehead atoms. The van der Waals surface area contributed by atoms with Gasteiger partial charge < -0.3 is 14.2 Å². The molecule has 1 atom stereocenters. The topological polar surface area (TPSA) is 92.0 Å². The van der Waals surface area contributed by atoms with Crippen LogP contribution in [0.15, 0.2) is 70.6 Å². The number of para-hydroxylation sites is 1. The lowest BCUT2D eigenvalue weighted by Crippen LogP contribution is -2.25. The fraction of sp³-hybridized carbons (Fsp3) is 0.185. The van der Waals surface area contributed by atoms with E-state index >= 15 is 0 Å². The number of hydrogen-bond donors (Lipinski definition) is 0. The molecule has 0 aliphatic rings. The van der Waals surface area contributed by atoms with Crippen LogP contribution in [-0.4, -0.2) is 42.2 Å². The largest absolute Gasteiger partial charge is 0.493 e. The smallest absolute Gasteiger partial charge is 0.416 e. The van der Waals surface area contributed by atoms with Crippen molar-refractivity contribution in [3.8, 4) is 22.9 Å². The number of nitrogens with zero attached hydrogens (tertiary/aromatic N) is 3. The lowest BCUT2D eigenvalue weighted by molar-refractivity contribution is -0.148. The zero-order valence-electron chi connectivity index (χ0n) is 20.8. The number of fused-ring (bicyclic) bond motifs is 1. The van der Waals surface area contributed by atoms with Crippen LogP contribution in [0.1, 0.15) is 18.1 Å². The second-order valence-corrected chi connectivity index (χ2v) is 8.62. The molecule has 0 unspecified atom stereocenters. The molecule has 1 aromatic heterocycles. The molecule has 0 N–H and O–H groups in total. The predicted molar refractivity (Wildman–Crippen MR) is 140 cm³/mol. The van der Waals surface area contributed by atoms with Gasteiger partial charge in [-0.15, -0.1) is 0 Å². The minimum absolute atomic E-state index is 0.0426. The second-order valence-electron chi connectivity index (χ2n) is 8.21. The summed E-state index contributed by atoms with van der Waals surface area (Å²) in [5.41, 5.74) is -0.779. The van der Waals surface area contributed by atoms with Crippen molar-refractivity contribution in [2.45, 2.75) is 19.2 Å². The molecule has 8 nitrogen and oxygen atoms in total. The molecule has 0 saturated carbocycles. The van der Waals surface area contributed by atoms with Crippen molar-refractivity contribution in [2.75, 3.05) is 14.2 Å². The van der Waals surface area contributed by atoms with Crippen LogP contribution >= 0.6 is 11.6 Å². The third-order valence-electron chi connectivity index (χ3n) is 5.60. The van der Waals surface area contributed by atoms with Crippen LogP contribution in [0.4, 0.5) is 13.2 Å². The molecule has 202 valence electrons. The van der Waals surface area contributed by atoms with Gasteiger partial charge in [-0.05, 0) is 48.9 Å². The van der Waals surface area contributed by atoms with Crippen LogP contribution in [0.5, 0.6) is 11.5 Å². The molecule has 0 fully saturated rings. The highest BCUT2D eigenvalue weighted by atomic mass is 35.5. The first-order valence-corrected chi connectivity index (χ1v) is 11.8. The van der Waals surface area contributed by atoms with Crippen molar-refractivity contribution >= 4 is 34.7 Å². The zero-order chi connectivity index (χ0) is 28.3. The first-order chi connectivity index (χ1) is 18.5. The van der Waals surface area contributed by atoms with Crippen LogP contribution in [0, 0.1) is 0 Å².